The van der Waals surface area contributed by atoms with Crippen molar-refractivity contribution in [3.05, 3.63) is 23.2 Å². The van der Waals surface area contributed by atoms with Crippen LogP contribution in [0.5, 0.6) is 11.5 Å². The largest absolute Gasteiger partial charge is 0.508 e. The van der Waals surface area contributed by atoms with E-state index in [-0.39, 0.29) is 17.6 Å². The normalized spacial score (nSPS) is 28.0. The molecule has 1 aromatic carbocycles. The predicted octanol–water partition coefficient (Wildman–Crippen LogP) is 8.22. The molecule has 1 heterocycles. The number of phenols is 1. The number of rotatable bonds is 12. The molecule has 2 heteroatoms. The number of ether oxygens (including phenoxy) is 1. The Morgan fingerprint density at radius 2 is 1.62 bits per heavy atom. The molecule has 2 nitrogen and oxygen atoms in total. The third-order valence-corrected chi connectivity index (χ3v) is 6.32. The van der Waals surface area contributed by atoms with Crippen molar-refractivity contribution in [2.75, 3.05) is 0 Å². The minimum Gasteiger partial charge on any atom is -0.508 e. The van der Waals surface area contributed by atoms with Crippen LogP contribution in [0.25, 0.3) is 0 Å². The summed E-state index contributed by atoms with van der Waals surface area (Å²) < 4.78 is 39.7. The first-order valence-electron chi connectivity index (χ1n) is 13.9. The minimum absolute atomic E-state index is 0.121. The van der Waals surface area contributed by atoms with Crippen LogP contribution in [-0.2, 0) is 6.40 Å². The smallest absolute Gasteiger partial charge is 0.126 e. The van der Waals surface area contributed by atoms with Crippen molar-refractivity contribution >= 4 is 0 Å². The number of hydrogen-bond acceptors (Lipinski definition) is 2. The van der Waals surface area contributed by atoms with Crippen LogP contribution in [0.4, 0.5) is 0 Å². The molecule has 1 N–H and O–H groups in total. The zero-order valence-corrected chi connectivity index (χ0v) is 19.6. The van der Waals surface area contributed by atoms with Crippen molar-refractivity contribution in [2.24, 2.45) is 17.8 Å². The van der Waals surface area contributed by atoms with Crippen molar-refractivity contribution in [3.8, 4) is 11.5 Å². The second-order valence-electron chi connectivity index (χ2n) is 10.1. The molecule has 3 unspecified atom stereocenters. The highest BCUT2D eigenvalue weighted by molar-refractivity contribution is 5.47. The van der Waals surface area contributed by atoms with E-state index in [2.05, 4.69) is 27.7 Å². The first-order chi connectivity index (χ1) is 15.4. The van der Waals surface area contributed by atoms with Crippen LogP contribution >= 0.6 is 0 Å². The summed E-state index contributed by atoms with van der Waals surface area (Å²) in [4.78, 5) is 0. The summed E-state index contributed by atoms with van der Waals surface area (Å²) in [7, 11) is 0. The Balaban J connectivity index is 1.86. The Labute approximate surface area is 186 Å². The lowest BCUT2D eigenvalue weighted by Gasteiger charge is -2.37. The zero-order chi connectivity index (χ0) is 24.9. The van der Waals surface area contributed by atoms with Gasteiger partial charge in [0.05, 0.1) is 2.74 Å². The third kappa shape index (κ3) is 8.22. The highest BCUT2D eigenvalue weighted by Crippen LogP contribution is 2.40. The van der Waals surface area contributed by atoms with E-state index in [0.29, 0.717) is 23.7 Å². The molecule has 1 aromatic rings. The van der Waals surface area contributed by atoms with Crippen LogP contribution < -0.4 is 4.74 Å². The lowest BCUT2D eigenvalue weighted by atomic mass is 9.85. The summed E-state index contributed by atoms with van der Waals surface area (Å²) in [5, 5.41) is 10.1. The van der Waals surface area contributed by atoms with Crippen molar-refractivity contribution in [1.29, 1.82) is 0 Å². The molecule has 0 saturated heterocycles. The molecule has 0 spiro atoms. The van der Waals surface area contributed by atoms with Gasteiger partial charge in [0.25, 0.3) is 0 Å². The fraction of sp³-hybridized carbons (Fsp3) is 0.778. The van der Waals surface area contributed by atoms with Gasteiger partial charge < -0.3 is 9.84 Å². The summed E-state index contributed by atoms with van der Waals surface area (Å²) in [6.07, 6.45) is 8.66. The highest BCUT2D eigenvalue weighted by atomic mass is 16.5. The van der Waals surface area contributed by atoms with E-state index in [9.17, 15) is 5.11 Å². The molecule has 5 atom stereocenters. The van der Waals surface area contributed by atoms with Gasteiger partial charge in [0.15, 0.2) is 0 Å². The minimum atomic E-state index is -0.967. The van der Waals surface area contributed by atoms with Crippen LogP contribution in [0.15, 0.2) is 12.1 Å². The predicted molar refractivity (Wildman–Crippen MR) is 125 cm³/mol. The third-order valence-electron chi connectivity index (χ3n) is 6.32. The summed E-state index contributed by atoms with van der Waals surface area (Å²) in [6, 6.07) is -0.365. The molecule has 0 aliphatic carbocycles. The zero-order valence-electron chi connectivity index (χ0n) is 23.6. The quantitative estimate of drug-likeness (QED) is 0.379. The second kappa shape index (κ2) is 11.3. The van der Waals surface area contributed by atoms with Crippen molar-refractivity contribution in [2.45, 2.75) is 118 Å². The van der Waals surface area contributed by atoms with Gasteiger partial charge in [-0.25, -0.2) is 0 Å². The Morgan fingerprint density at radius 3 is 2.24 bits per heavy atom. The molecule has 166 valence electrons. The van der Waals surface area contributed by atoms with Crippen LogP contribution in [0.2, 0.25) is 0 Å². The van der Waals surface area contributed by atoms with Gasteiger partial charge in [0.2, 0.25) is 0 Å². The maximum atomic E-state index is 10.1. The number of benzene rings is 1. The lowest BCUT2D eigenvalue weighted by Crippen LogP contribution is -2.36. The molecule has 1 aliphatic heterocycles. The van der Waals surface area contributed by atoms with Gasteiger partial charge in [-0.05, 0) is 80.4 Å². The average molecular weight is 407 g/mol. The SMILES string of the molecule is [2H]c1c(C)c2c(c([2H])c1O)C([2H])C([2H])C(C)(CCC[C@H](C)CCC[C@H](C)CCCC(C)C)O2. The van der Waals surface area contributed by atoms with Crippen molar-refractivity contribution < 1.29 is 15.3 Å². The van der Waals surface area contributed by atoms with Crippen LogP contribution in [-0.4, -0.2) is 10.7 Å². The average Bonchev–Trinajstić information content (AvgIpc) is 2.74. The molecule has 0 aromatic heterocycles. The standard InChI is InChI=1S/C27H46O2/c1-20(2)10-7-11-21(3)12-8-13-22(4)14-9-16-27(6)17-15-24-19-25(28)18-23(5)26(24)29-27/h18-22,28H,7-17H2,1-6H3/t21-,22-,27?/m1/s1/i15D,17D,18D,19D/t15?,17?,21-,22-,27?. The molecule has 2 rings (SSSR count). The van der Waals surface area contributed by atoms with Crippen molar-refractivity contribution in [3.63, 3.8) is 0 Å². The van der Waals surface area contributed by atoms with Gasteiger partial charge in [-0.15, -0.1) is 0 Å². The molecular weight excluding hydrogens is 356 g/mol. The van der Waals surface area contributed by atoms with E-state index in [1.165, 1.54) is 38.5 Å². The monoisotopic (exact) mass is 406 g/mol. The van der Waals surface area contributed by atoms with Gasteiger partial charge in [-0.2, -0.15) is 0 Å². The Kier molecular flexibility index (Phi) is 7.22. The topological polar surface area (TPSA) is 29.5 Å². The number of aromatic hydroxyl groups is 1. The summed E-state index contributed by atoms with van der Waals surface area (Å²) in [6.45, 7) is 12.8. The number of phenolic OH excluding ortho intramolecular Hbond substituents is 1. The van der Waals surface area contributed by atoms with Gasteiger partial charge in [-0.1, -0.05) is 72.6 Å². The summed E-state index contributed by atoms with van der Waals surface area (Å²) >= 11 is 0. The molecule has 0 amide bonds. The summed E-state index contributed by atoms with van der Waals surface area (Å²) in [5.41, 5.74) is -0.135. The molecule has 1 aliphatic rings. The van der Waals surface area contributed by atoms with E-state index in [1.807, 2.05) is 6.92 Å². The van der Waals surface area contributed by atoms with E-state index in [4.69, 9.17) is 10.2 Å². The van der Waals surface area contributed by atoms with Gasteiger partial charge in [0, 0.05) is 2.74 Å². The first-order valence-corrected chi connectivity index (χ1v) is 11.7. The maximum Gasteiger partial charge on any atom is 0.126 e. The highest BCUT2D eigenvalue weighted by Gasteiger charge is 2.32. The van der Waals surface area contributed by atoms with Crippen molar-refractivity contribution in [1.82, 2.24) is 0 Å². The van der Waals surface area contributed by atoms with E-state index >= 15 is 0 Å². The molecule has 0 fully saturated rings. The van der Waals surface area contributed by atoms with E-state index in [1.54, 1.807) is 6.92 Å². The van der Waals surface area contributed by atoms with Crippen LogP contribution in [0, 0.1) is 24.7 Å². The Hall–Kier alpha value is -1.18. The molecule has 29 heavy (non-hydrogen) atoms. The Morgan fingerprint density at radius 1 is 1.03 bits per heavy atom. The van der Waals surface area contributed by atoms with Crippen LogP contribution in [0.1, 0.15) is 115 Å². The molecule has 0 saturated carbocycles. The Bertz CT molecular complexity index is 782. The van der Waals surface area contributed by atoms with Gasteiger partial charge >= 0.3 is 0 Å². The number of fused-ring (bicyclic) bond motifs is 1. The lowest BCUT2D eigenvalue weighted by molar-refractivity contribution is 0.0515. The first kappa shape index (κ1) is 18.6. The second-order valence-corrected chi connectivity index (χ2v) is 10.1. The van der Waals surface area contributed by atoms with E-state index < -0.39 is 24.1 Å². The van der Waals surface area contributed by atoms with Gasteiger partial charge in [-0.3, -0.25) is 0 Å². The fourth-order valence-corrected chi connectivity index (χ4v) is 4.34. The maximum absolute atomic E-state index is 10.1. The number of hydrogen-bond donors (Lipinski definition) is 1. The van der Waals surface area contributed by atoms with E-state index in [0.717, 1.165) is 24.7 Å². The van der Waals surface area contributed by atoms with Crippen LogP contribution in [0.3, 0.4) is 0 Å². The molecular formula is C27H46O2. The fourth-order valence-electron chi connectivity index (χ4n) is 4.34. The molecule has 0 bridgehead atoms. The molecule has 0 radical (unpaired) electrons. The summed E-state index contributed by atoms with van der Waals surface area (Å²) in [5.74, 6) is 2.16. The van der Waals surface area contributed by atoms with Gasteiger partial charge in [0.1, 0.15) is 17.1 Å².